The molecule has 0 aliphatic carbocycles. The van der Waals surface area contributed by atoms with Gasteiger partial charge in [0.05, 0.1) is 5.69 Å². The van der Waals surface area contributed by atoms with Gasteiger partial charge in [0.25, 0.3) is 5.56 Å². The molecule has 0 bridgehead atoms. The van der Waals surface area contributed by atoms with Gasteiger partial charge < -0.3 is 4.98 Å². The van der Waals surface area contributed by atoms with Gasteiger partial charge in [-0.3, -0.25) is 4.79 Å². The smallest absolute Gasteiger partial charge is 0.303 e. The van der Waals surface area contributed by atoms with Crippen LogP contribution in [0, 0.1) is 0 Å². The predicted octanol–water partition coefficient (Wildman–Crippen LogP) is 2.31. The Labute approximate surface area is 112 Å². The van der Waals surface area contributed by atoms with E-state index in [2.05, 4.69) is 15.9 Å². The van der Waals surface area contributed by atoms with Gasteiger partial charge in [-0.2, -0.15) is 13.2 Å². The lowest BCUT2D eigenvalue weighted by atomic mass is 10.3. The van der Waals surface area contributed by atoms with Crippen LogP contribution in [0.25, 0.3) is 5.69 Å². The molecule has 19 heavy (non-hydrogen) atoms. The first-order chi connectivity index (χ1) is 8.79. The highest BCUT2D eigenvalue weighted by Crippen LogP contribution is 2.25. The first kappa shape index (κ1) is 13.6. The summed E-state index contributed by atoms with van der Waals surface area (Å²) in [6.07, 6.45) is -4.77. The topological polar surface area (TPSA) is 54.9 Å². The van der Waals surface area contributed by atoms with Crippen molar-refractivity contribution < 1.29 is 13.2 Å². The van der Waals surface area contributed by atoms with Crippen molar-refractivity contribution in [2.75, 3.05) is 0 Å². The molecule has 0 spiro atoms. The molecule has 2 aromatic rings. The Kier molecular flexibility index (Phi) is 3.36. The zero-order valence-corrected chi connectivity index (χ0v) is 10.7. The lowest BCUT2D eigenvalue weighted by Gasteiger charge is -2.08. The van der Waals surface area contributed by atoms with E-state index in [1.807, 2.05) is 0 Å². The maximum atomic E-state index is 12.4. The Morgan fingerprint density at radius 3 is 2.37 bits per heavy atom. The molecule has 0 atom stereocenters. The molecule has 0 radical (unpaired) electrons. The zero-order chi connectivity index (χ0) is 14.2. The minimum Gasteiger partial charge on any atom is -0.303 e. The molecule has 0 aliphatic heterocycles. The largest absolute Gasteiger partial charge is 0.431 e. The number of hydrogen-bond donors (Lipinski definition) is 1. The number of aromatic nitrogens is 2. The summed E-state index contributed by atoms with van der Waals surface area (Å²) in [5, 5.41) is 0. The number of alkyl halides is 3. The summed E-state index contributed by atoms with van der Waals surface area (Å²) in [6, 6.07) is 6.46. The van der Waals surface area contributed by atoms with Gasteiger partial charge in [0.15, 0.2) is 0 Å². The number of H-pyrrole nitrogens is 1. The summed E-state index contributed by atoms with van der Waals surface area (Å²) in [7, 11) is 0. The molecule has 1 aromatic heterocycles. The van der Waals surface area contributed by atoms with Crippen LogP contribution in [0.15, 0.2) is 44.4 Å². The van der Waals surface area contributed by atoms with Gasteiger partial charge in [-0.05, 0) is 18.2 Å². The average molecular weight is 335 g/mol. The molecule has 8 heteroatoms. The Hall–Kier alpha value is -1.83. The first-order valence-corrected chi connectivity index (χ1v) is 5.78. The molecule has 1 aromatic carbocycles. The van der Waals surface area contributed by atoms with E-state index in [0.717, 1.165) is 0 Å². The zero-order valence-electron chi connectivity index (χ0n) is 9.16. The van der Waals surface area contributed by atoms with Gasteiger partial charge in [0.1, 0.15) is 5.69 Å². The van der Waals surface area contributed by atoms with Gasteiger partial charge >= 0.3 is 11.9 Å². The predicted molar refractivity (Wildman–Crippen MR) is 65.4 cm³/mol. The first-order valence-electron chi connectivity index (χ1n) is 4.98. The highest BCUT2D eigenvalue weighted by Gasteiger charge is 2.33. The van der Waals surface area contributed by atoms with Crippen molar-refractivity contribution in [2.45, 2.75) is 6.18 Å². The Morgan fingerprint density at radius 2 is 1.84 bits per heavy atom. The number of nitrogens with zero attached hydrogens (tertiary/aromatic N) is 1. The second-order valence-electron chi connectivity index (χ2n) is 3.64. The normalized spacial score (nSPS) is 11.6. The van der Waals surface area contributed by atoms with Crippen LogP contribution < -0.4 is 11.2 Å². The third-order valence-electron chi connectivity index (χ3n) is 2.30. The van der Waals surface area contributed by atoms with Gasteiger partial charge in [0, 0.05) is 10.5 Å². The third kappa shape index (κ3) is 2.78. The maximum absolute atomic E-state index is 12.4. The Bertz CT molecular complexity index is 702. The molecular weight excluding hydrogens is 329 g/mol. The Balaban J connectivity index is 2.68. The second-order valence-corrected chi connectivity index (χ2v) is 4.56. The minimum absolute atomic E-state index is 0.175. The number of aromatic amines is 1. The monoisotopic (exact) mass is 334 g/mol. The van der Waals surface area contributed by atoms with Crippen molar-refractivity contribution in [2.24, 2.45) is 0 Å². The number of halogens is 4. The molecule has 0 saturated carbocycles. The number of nitrogens with one attached hydrogen (secondary N) is 1. The SMILES string of the molecule is O=c1cc(C(F)(F)F)[nH]c(=O)n1-c1cccc(Br)c1. The molecule has 100 valence electrons. The van der Waals surface area contributed by atoms with Gasteiger partial charge in [0.2, 0.25) is 0 Å². The highest BCUT2D eigenvalue weighted by atomic mass is 79.9. The Morgan fingerprint density at radius 1 is 1.16 bits per heavy atom. The van der Waals surface area contributed by atoms with Crippen molar-refractivity contribution in [3.05, 3.63) is 61.3 Å². The highest BCUT2D eigenvalue weighted by molar-refractivity contribution is 9.10. The van der Waals surface area contributed by atoms with E-state index in [1.165, 1.54) is 12.1 Å². The van der Waals surface area contributed by atoms with Crippen LogP contribution in [0.1, 0.15) is 5.69 Å². The molecule has 0 saturated heterocycles. The average Bonchev–Trinajstić information content (AvgIpc) is 2.26. The minimum atomic E-state index is -4.77. The second kappa shape index (κ2) is 4.69. The number of hydrogen-bond acceptors (Lipinski definition) is 2. The number of benzene rings is 1. The molecule has 0 amide bonds. The molecule has 2 rings (SSSR count). The van der Waals surface area contributed by atoms with E-state index in [9.17, 15) is 22.8 Å². The fourth-order valence-corrected chi connectivity index (χ4v) is 1.89. The molecule has 1 N–H and O–H groups in total. The van der Waals surface area contributed by atoms with Gasteiger partial charge in [-0.1, -0.05) is 22.0 Å². The summed E-state index contributed by atoms with van der Waals surface area (Å²) in [5.74, 6) is 0. The fraction of sp³-hybridized carbons (Fsp3) is 0.0909. The van der Waals surface area contributed by atoms with Crippen LogP contribution >= 0.6 is 15.9 Å². The fourth-order valence-electron chi connectivity index (χ4n) is 1.51. The quantitative estimate of drug-likeness (QED) is 0.870. The molecule has 1 heterocycles. The summed E-state index contributed by atoms with van der Waals surface area (Å²) in [6.45, 7) is 0. The number of rotatable bonds is 1. The van der Waals surface area contributed by atoms with E-state index in [1.54, 1.807) is 17.1 Å². The molecule has 0 fully saturated rings. The van der Waals surface area contributed by atoms with Crippen molar-refractivity contribution >= 4 is 15.9 Å². The standard InChI is InChI=1S/C11H6BrF3N2O2/c12-6-2-1-3-7(4-6)17-9(18)5-8(11(13,14)15)16-10(17)19/h1-5H,(H,16,19). The molecule has 4 nitrogen and oxygen atoms in total. The van der Waals surface area contributed by atoms with E-state index in [4.69, 9.17) is 0 Å². The molecule has 0 aliphatic rings. The van der Waals surface area contributed by atoms with E-state index < -0.39 is 23.1 Å². The third-order valence-corrected chi connectivity index (χ3v) is 2.80. The van der Waals surface area contributed by atoms with Crippen LogP contribution in [0.5, 0.6) is 0 Å². The van der Waals surface area contributed by atoms with Crippen molar-refractivity contribution in [1.82, 2.24) is 9.55 Å². The lowest BCUT2D eigenvalue weighted by Crippen LogP contribution is -2.35. The van der Waals surface area contributed by atoms with E-state index in [-0.39, 0.29) is 5.69 Å². The van der Waals surface area contributed by atoms with Crippen molar-refractivity contribution in [3.8, 4) is 5.69 Å². The summed E-state index contributed by atoms with van der Waals surface area (Å²) in [5.41, 5.74) is -3.38. The molecular formula is C11H6BrF3N2O2. The van der Waals surface area contributed by atoms with E-state index >= 15 is 0 Å². The van der Waals surface area contributed by atoms with Gasteiger partial charge in [-0.25, -0.2) is 9.36 Å². The summed E-state index contributed by atoms with van der Waals surface area (Å²) >= 11 is 3.15. The van der Waals surface area contributed by atoms with Crippen molar-refractivity contribution in [3.63, 3.8) is 0 Å². The van der Waals surface area contributed by atoms with Crippen LogP contribution in [0.4, 0.5) is 13.2 Å². The van der Waals surface area contributed by atoms with Crippen LogP contribution in [0.2, 0.25) is 0 Å². The van der Waals surface area contributed by atoms with Crippen LogP contribution in [0.3, 0.4) is 0 Å². The van der Waals surface area contributed by atoms with E-state index in [0.29, 0.717) is 15.1 Å². The van der Waals surface area contributed by atoms with Crippen LogP contribution in [-0.4, -0.2) is 9.55 Å². The summed E-state index contributed by atoms with van der Waals surface area (Å²) < 4.78 is 38.5. The van der Waals surface area contributed by atoms with Gasteiger partial charge in [-0.15, -0.1) is 0 Å². The summed E-state index contributed by atoms with van der Waals surface area (Å²) in [4.78, 5) is 24.9. The maximum Gasteiger partial charge on any atom is 0.431 e. The lowest BCUT2D eigenvalue weighted by molar-refractivity contribution is -0.141. The van der Waals surface area contributed by atoms with Crippen LogP contribution in [-0.2, 0) is 6.18 Å². The molecule has 0 unspecified atom stereocenters. The van der Waals surface area contributed by atoms with Crippen molar-refractivity contribution in [1.29, 1.82) is 0 Å².